The number of carbonyl (C=O) groups excluding carboxylic acids is 1. The Morgan fingerprint density at radius 2 is 1.87 bits per heavy atom. The van der Waals surface area contributed by atoms with Gasteiger partial charge in [-0.2, -0.15) is 5.10 Å². The number of nitrogens with one attached hydrogen (secondary N) is 1. The fourth-order valence-corrected chi connectivity index (χ4v) is 1.99. The average Bonchev–Trinajstić information content (AvgIpc) is 2.57. The van der Waals surface area contributed by atoms with Crippen molar-refractivity contribution in [3.8, 4) is 5.75 Å². The highest BCUT2D eigenvalue weighted by Crippen LogP contribution is 2.17. The molecule has 2 aromatic rings. The fraction of sp³-hybridized carbons (Fsp3) is 0.111. The molecule has 0 aliphatic carbocycles. The molecule has 0 aromatic heterocycles. The van der Waals surface area contributed by atoms with Gasteiger partial charge in [0.15, 0.2) is 6.10 Å². The van der Waals surface area contributed by atoms with Crippen molar-refractivity contribution in [3.63, 3.8) is 0 Å². The Labute approximate surface area is 144 Å². The Bertz CT molecular complexity index is 682. The molecule has 1 amide bonds. The van der Waals surface area contributed by atoms with Crippen LogP contribution in [0.1, 0.15) is 12.5 Å². The van der Waals surface area contributed by atoms with Crippen LogP contribution in [0.3, 0.4) is 0 Å². The van der Waals surface area contributed by atoms with Crippen molar-refractivity contribution in [3.05, 3.63) is 70.7 Å². The lowest BCUT2D eigenvalue weighted by Crippen LogP contribution is -2.33. The lowest BCUT2D eigenvalue weighted by molar-refractivity contribution is -0.127. The van der Waals surface area contributed by atoms with E-state index in [9.17, 15) is 4.79 Å². The summed E-state index contributed by atoms with van der Waals surface area (Å²) in [6.45, 7) is 1.67. The van der Waals surface area contributed by atoms with Gasteiger partial charge in [-0.25, -0.2) is 5.43 Å². The first-order chi connectivity index (χ1) is 11.1. The smallest absolute Gasteiger partial charge is 0.280 e. The van der Waals surface area contributed by atoms with Crippen LogP contribution < -0.4 is 10.2 Å². The third-order valence-electron chi connectivity index (χ3n) is 2.92. The minimum atomic E-state index is -0.633. The number of hydrogen-bond acceptors (Lipinski definition) is 3. The molecule has 118 valence electrons. The molecule has 0 fully saturated rings. The van der Waals surface area contributed by atoms with Gasteiger partial charge in [-0.05, 0) is 42.8 Å². The molecule has 1 unspecified atom stereocenters. The molecule has 0 saturated carbocycles. The Hall–Kier alpha value is -2.40. The van der Waals surface area contributed by atoms with Crippen LogP contribution in [0.5, 0.6) is 5.75 Å². The zero-order chi connectivity index (χ0) is 16.5. The van der Waals surface area contributed by atoms with E-state index in [-0.39, 0.29) is 5.91 Å². The molecule has 4 nitrogen and oxygen atoms in total. The maximum absolute atomic E-state index is 11.9. The van der Waals surface area contributed by atoms with Crippen molar-refractivity contribution >= 4 is 34.1 Å². The molecule has 0 radical (unpaired) electrons. The summed E-state index contributed by atoms with van der Waals surface area (Å²) in [5.74, 6) is 0.320. The Kier molecular flexibility index (Phi) is 6.56. The minimum Gasteiger partial charge on any atom is -0.481 e. The number of amides is 1. The summed E-state index contributed by atoms with van der Waals surface area (Å²) in [7, 11) is 0. The van der Waals surface area contributed by atoms with Crippen LogP contribution in [0.4, 0.5) is 0 Å². The van der Waals surface area contributed by atoms with Crippen molar-refractivity contribution in [2.45, 2.75) is 13.0 Å². The number of hydrazone groups is 1. The van der Waals surface area contributed by atoms with Crippen molar-refractivity contribution in [2.75, 3.05) is 0 Å². The number of nitrogens with zero attached hydrogens (tertiary/aromatic N) is 1. The van der Waals surface area contributed by atoms with Crippen molar-refractivity contribution < 1.29 is 9.53 Å². The van der Waals surface area contributed by atoms with E-state index in [1.165, 1.54) is 6.21 Å². The maximum atomic E-state index is 11.9. The second-order valence-corrected chi connectivity index (χ2v) is 5.65. The van der Waals surface area contributed by atoms with E-state index >= 15 is 0 Å². The van der Waals surface area contributed by atoms with E-state index in [0.717, 1.165) is 10.0 Å². The van der Waals surface area contributed by atoms with E-state index in [1.54, 1.807) is 25.1 Å². The fourth-order valence-electron chi connectivity index (χ4n) is 1.72. The summed E-state index contributed by atoms with van der Waals surface area (Å²) in [4.78, 5) is 11.9. The van der Waals surface area contributed by atoms with Gasteiger partial charge in [0, 0.05) is 10.7 Å². The molecule has 0 aliphatic heterocycles. The molecule has 0 spiro atoms. The topological polar surface area (TPSA) is 50.7 Å². The molecule has 23 heavy (non-hydrogen) atoms. The molecular weight excluding hydrogens is 356 g/mol. The SMILES string of the molecule is CC(Oc1ccc(Br)cc1)C(=O)N/N=C/C=C/c1ccccc1. The summed E-state index contributed by atoms with van der Waals surface area (Å²) >= 11 is 3.35. The average molecular weight is 373 g/mol. The zero-order valence-electron chi connectivity index (χ0n) is 12.6. The van der Waals surface area contributed by atoms with E-state index < -0.39 is 6.10 Å². The highest BCUT2D eigenvalue weighted by Gasteiger charge is 2.13. The number of ether oxygens (including phenoxy) is 1. The maximum Gasteiger partial charge on any atom is 0.280 e. The molecular formula is C18H17BrN2O2. The van der Waals surface area contributed by atoms with E-state index in [0.29, 0.717) is 5.75 Å². The Morgan fingerprint density at radius 3 is 2.57 bits per heavy atom. The lowest BCUT2D eigenvalue weighted by Gasteiger charge is -2.12. The third kappa shape index (κ3) is 6.08. The second kappa shape index (κ2) is 8.90. The Morgan fingerprint density at radius 1 is 1.17 bits per heavy atom. The largest absolute Gasteiger partial charge is 0.481 e. The number of hydrogen-bond donors (Lipinski definition) is 1. The summed E-state index contributed by atoms with van der Waals surface area (Å²) in [5.41, 5.74) is 3.51. The highest BCUT2D eigenvalue weighted by molar-refractivity contribution is 9.10. The van der Waals surface area contributed by atoms with Crippen LogP contribution in [0.2, 0.25) is 0 Å². The standard InChI is InChI=1S/C18H17BrN2O2/c1-14(23-17-11-9-16(19)10-12-17)18(22)21-20-13-5-8-15-6-3-2-4-7-15/h2-14H,1H3,(H,21,22)/b8-5+,20-13+. The normalized spacial score (nSPS) is 12.4. The van der Waals surface area contributed by atoms with E-state index in [2.05, 4.69) is 26.5 Å². The third-order valence-corrected chi connectivity index (χ3v) is 3.45. The first kappa shape index (κ1) is 17.0. The molecule has 1 atom stereocenters. The molecule has 2 aromatic carbocycles. The van der Waals surface area contributed by atoms with Gasteiger partial charge in [0.25, 0.3) is 5.91 Å². The van der Waals surface area contributed by atoms with Gasteiger partial charge >= 0.3 is 0 Å². The quantitative estimate of drug-likeness (QED) is 0.614. The van der Waals surface area contributed by atoms with Gasteiger partial charge < -0.3 is 4.74 Å². The first-order valence-corrected chi connectivity index (χ1v) is 7.91. The van der Waals surface area contributed by atoms with Gasteiger partial charge in [-0.1, -0.05) is 52.3 Å². The van der Waals surface area contributed by atoms with Crippen molar-refractivity contribution in [1.82, 2.24) is 5.43 Å². The molecule has 0 aliphatic rings. The van der Waals surface area contributed by atoms with Crippen LogP contribution in [-0.4, -0.2) is 18.2 Å². The van der Waals surface area contributed by atoms with Gasteiger partial charge in [0.1, 0.15) is 5.75 Å². The van der Waals surface area contributed by atoms with Gasteiger partial charge in [-0.15, -0.1) is 0 Å². The molecule has 0 heterocycles. The summed E-state index contributed by atoms with van der Waals surface area (Å²) in [6.07, 6.45) is 4.55. The lowest BCUT2D eigenvalue weighted by atomic mass is 10.2. The number of benzene rings is 2. The molecule has 0 saturated heterocycles. The highest BCUT2D eigenvalue weighted by atomic mass is 79.9. The number of allylic oxidation sites excluding steroid dienone is 1. The van der Waals surface area contributed by atoms with Crippen LogP contribution in [0.15, 0.2) is 70.2 Å². The van der Waals surface area contributed by atoms with Crippen LogP contribution in [-0.2, 0) is 4.79 Å². The summed E-state index contributed by atoms with van der Waals surface area (Å²) < 4.78 is 6.49. The van der Waals surface area contributed by atoms with E-state index in [1.807, 2.05) is 48.5 Å². The monoisotopic (exact) mass is 372 g/mol. The van der Waals surface area contributed by atoms with Gasteiger partial charge in [0.05, 0.1) is 0 Å². The van der Waals surface area contributed by atoms with Crippen LogP contribution in [0, 0.1) is 0 Å². The minimum absolute atomic E-state index is 0.308. The first-order valence-electron chi connectivity index (χ1n) is 7.12. The second-order valence-electron chi connectivity index (χ2n) is 4.74. The predicted octanol–water partition coefficient (Wildman–Crippen LogP) is 4.03. The van der Waals surface area contributed by atoms with Crippen LogP contribution in [0.25, 0.3) is 6.08 Å². The number of halogens is 1. The Balaban J connectivity index is 1.78. The van der Waals surface area contributed by atoms with Crippen LogP contribution >= 0.6 is 15.9 Å². The summed E-state index contributed by atoms with van der Waals surface area (Å²) in [6, 6.07) is 17.1. The van der Waals surface area contributed by atoms with Gasteiger partial charge in [-0.3, -0.25) is 4.79 Å². The molecule has 2 rings (SSSR count). The van der Waals surface area contributed by atoms with Gasteiger partial charge in [0.2, 0.25) is 0 Å². The molecule has 1 N–H and O–H groups in total. The van der Waals surface area contributed by atoms with Crippen molar-refractivity contribution in [2.24, 2.45) is 5.10 Å². The number of rotatable bonds is 6. The number of carbonyl (C=O) groups is 1. The van der Waals surface area contributed by atoms with Crippen molar-refractivity contribution in [1.29, 1.82) is 0 Å². The molecule has 0 bridgehead atoms. The predicted molar refractivity (Wildman–Crippen MR) is 96.3 cm³/mol. The zero-order valence-corrected chi connectivity index (χ0v) is 14.2. The summed E-state index contributed by atoms with van der Waals surface area (Å²) in [5, 5.41) is 3.86. The van der Waals surface area contributed by atoms with E-state index in [4.69, 9.17) is 4.74 Å². The molecule has 5 heteroatoms.